The van der Waals surface area contributed by atoms with Gasteiger partial charge in [0.25, 0.3) is 5.69 Å². The number of nitro benzene ring substituents is 1. The van der Waals surface area contributed by atoms with E-state index in [1.54, 1.807) is 12.1 Å². The molecule has 0 fully saturated rings. The first-order valence-electron chi connectivity index (χ1n) is 5.61. The van der Waals surface area contributed by atoms with Crippen molar-refractivity contribution in [3.8, 4) is 11.1 Å². The van der Waals surface area contributed by atoms with Crippen molar-refractivity contribution in [1.29, 1.82) is 0 Å². The van der Waals surface area contributed by atoms with Gasteiger partial charge in [-0.2, -0.15) is 0 Å². The Labute approximate surface area is 105 Å². The Kier molecular flexibility index (Phi) is 3.39. The van der Waals surface area contributed by atoms with Gasteiger partial charge < -0.3 is 5.11 Å². The van der Waals surface area contributed by atoms with Crippen molar-refractivity contribution in [2.45, 2.75) is 13.0 Å². The zero-order valence-electron chi connectivity index (χ0n) is 9.91. The molecule has 0 amide bonds. The molecule has 0 spiro atoms. The summed E-state index contributed by atoms with van der Waals surface area (Å²) >= 11 is 0. The standard InChI is InChI=1S/C14H13NO3/c1-10(16)13-9-12(7-8-14(13)15(17)18)11-5-3-2-4-6-11/h2-10,16H,1H3. The van der Waals surface area contributed by atoms with Gasteiger partial charge >= 0.3 is 0 Å². The fraction of sp³-hybridized carbons (Fsp3) is 0.143. The lowest BCUT2D eigenvalue weighted by molar-refractivity contribution is -0.386. The molecule has 0 bridgehead atoms. The van der Waals surface area contributed by atoms with Gasteiger partial charge in [-0.3, -0.25) is 10.1 Å². The maximum atomic E-state index is 10.9. The molecule has 2 rings (SSSR count). The molecule has 0 radical (unpaired) electrons. The third-order valence-electron chi connectivity index (χ3n) is 2.78. The molecule has 1 unspecified atom stereocenters. The van der Waals surface area contributed by atoms with Crippen LogP contribution in [0.25, 0.3) is 11.1 Å². The summed E-state index contributed by atoms with van der Waals surface area (Å²) in [6.45, 7) is 1.52. The molecule has 4 nitrogen and oxygen atoms in total. The molecule has 0 aliphatic rings. The van der Waals surface area contributed by atoms with E-state index in [9.17, 15) is 15.2 Å². The molecule has 0 saturated heterocycles. The zero-order valence-corrected chi connectivity index (χ0v) is 9.91. The number of aliphatic hydroxyl groups is 1. The highest BCUT2D eigenvalue weighted by atomic mass is 16.6. The summed E-state index contributed by atoms with van der Waals surface area (Å²) in [4.78, 5) is 10.4. The van der Waals surface area contributed by atoms with E-state index in [0.717, 1.165) is 11.1 Å². The van der Waals surface area contributed by atoms with Crippen LogP contribution in [0.5, 0.6) is 0 Å². The molecular formula is C14H13NO3. The molecule has 92 valence electrons. The number of nitrogens with zero attached hydrogens (tertiary/aromatic N) is 1. The fourth-order valence-corrected chi connectivity index (χ4v) is 1.87. The van der Waals surface area contributed by atoms with Crippen LogP contribution in [-0.4, -0.2) is 10.0 Å². The average Bonchev–Trinajstić information content (AvgIpc) is 2.39. The third-order valence-corrected chi connectivity index (χ3v) is 2.78. The predicted octanol–water partition coefficient (Wildman–Crippen LogP) is 3.32. The predicted molar refractivity (Wildman–Crippen MR) is 69.2 cm³/mol. The normalized spacial score (nSPS) is 12.1. The highest BCUT2D eigenvalue weighted by molar-refractivity contribution is 5.66. The van der Waals surface area contributed by atoms with E-state index in [1.807, 2.05) is 30.3 Å². The van der Waals surface area contributed by atoms with E-state index in [4.69, 9.17) is 0 Å². The summed E-state index contributed by atoms with van der Waals surface area (Å²) in [5, 5.41) is 20.5. The van der Waals surface area contributed by atoms with Gasteiger partial charge in [-0.05, 0) is 30.2 Å². The summed E-state index contributed by atoms with van der Waals surface area (Å²) < 4.78 is 0. The summed E-state index contributed by atoms with van der Waals surface area (Å²) in [6.07, 6.45) is -0.867. The maximum Gasteiger partial charge on any atom is 0.275 e. The fourth-order valence-electron chi connectivity index (χ4n) is 1.87. The molecular weight excluding hydrogens is 230 g/mol. The van der Waals surface area contributed by atoms with Gasteiger partial charge in [-0.25, -0.2) is 0 Å². The van der Waals surface area contributed by atoms with Gasteiger partial charge in [0.05, 0.1) is 16.6 Å². The summed E-state index contributed by atoms with van der Waals surface area (Å²) in [6, 6.07) is 14.4. The number of nitro groups is 1. The molecule has 1 atom stereocenters. The Morgan fingerprint density at radius 2 is 1.78 bits per heavy atom. The third kappa shape index (κ3) is 2.38. The lowest BCUT2D eigenvalue weighted by Crippen LogP contribution is -1.99. The second kappa shape index (κ2) is 4.98. The van der Waals surface area contributed by atoms with Crippen LogP contribution in [0.1, 0.15) is 18.6 Å². The number of hydrogen-bond acceptors (Lipinski definition) is 3. The van der Waals surface area contributed by atoms with Crippen LogP contribution in [-0.2, 0) is 0 Å². The number of hydrogen-bond donors (Lipinski definition) is 1. The highest BCUT2D eigenvalue weighted by Crippen LogP contribution is 2.30. The Morgan fingerprint density at radius 1 is 1.11 bits per heavy atom. The maximum absolute atomic E-state index is 10.9. The second-order valence-electron chi connectivity index (χ2n) is 4.07. The minimum atomic E-state index is -0.867. The van der Waals surface area contributed by atoms with Gasteiger partial charge in [0.2, 0.25) is 0 Å². The lowest BCUT2D eigenvalue weighted by atomic mass is 10.00. The number of benzene rings is 2. The Morgan fingerprint density at radius 3 is 2.33 bits per heavy atom. The molecule has 0 aromatic heterocycles. The van der Waals surface area contributed by atoms with Crippen molar-refractivity contribution in [3.63, 3.8) is 0 Å². The van der Waals surface area contributed by atoms with Crippen LogP contribution in [0.3, 0.4) is 0 Å². The summed E-state index contributed by atoms with van der Waals surface area (Å²) in [5.41, 5.74) is 2.11. The number of rotatable bonds is 3. The Hall–Kier alpha value is -2.20. The van der Waals surface area contributed by atoms with Gasteiger partial charge in [0, 0.05) is 6.07 Å². The van der Waals surface area contributed by atoms with Gasteiger partial charge in [-0.1, -0.05) is 30.3 Å². The minimum Gasteiger partial charge on any atom is -0.388 e. The molecule has 4 heteroatoms. The second-order valence-corrected chi connectivity index (χ2v) is 4.07. The minimum absolute atomic E-state index is 0.0512. The van der Waals surface area contributed by atoms with E-state index in [1.165, 1.54) is 13.0 Å². The molecule has 0 aliphatic heterocycles. The molecule has 0 saturated carbocycles. The largest absolute Gasteiger partial charge is 0.388 e. The molecule has 1 N–H and O–H groups in total. The van der Waals surface area contributed by atoms with E-state index in [2.05, 4.69) is 0 Å². The van der Waals surface area contributed by atoms with Crippen LogP contribution in [0.4, 0.5) is 5.69 Å². The molecule has 18 heavy (non-hydrogen) atoms. The van der Waals surface area contributed by atoms with Gasteiger partial charge in [-0.15, -0.1) is 0 Å². The van der Waals surface area contributed by atoms with Crippen molar-refractivity contribution < 1.29 is 10.0 Å². The van der Waals surface area contributed by atoms with Crippen molar-refractivity contribution in [2.75, 3.05) is 0 Å². The van der Waals surface area contributed by atoms with Crippen molar-refractivity contribution in [2.24, 2.45) is 0 Å². The topological polar surface area (TPSA) is 63.4 Å². The van der Waals surface area contributed by atoms with Crippen LogP contribution >= 0.6 is 0 Å². The average molecular weight is 243 g/mol. The lowest BCUT2D eigenvalue weighted by Gasteiger charge is -2.08. The molecule has 2 aromatic carbocycles. The molecule has 2 aromatic rings. The van der Waals surface area contributed by atoms with Crippen LogP contribution < -0.4 is 0 Å². The Balaban J connectivity index is 2.54. The van der Waals surface area contributed by atoms with Crippen molar-refractivity contribution in [1.82, 2.24) is 0 Å². The molecule has 0 heterocycles. The van der Waals surface area contributed by atoms with Crippen LogP contribution in [0.2, 0.25) is 0 Å². The van der Waals surface area contributed by atoms with Crippen LogP contribution in [0.15, 0.2) is 48.5 Å². The smallest absolute Gasteiger partial charge is 0.275 e. The first-order valence-corrected chi connectivity index (χ1v) is 5.61. The van der Waals surface area contributed by atoms with Gasteiger partial charge in [0.15, 0.2) is 0 Å². The number of aliphatic hydroxyl groups excluding tert-OH is 1. The molecule has 0 aliphatic carbocycles. The SMILES string of the molecule is CC(O)c1cc(-c2ccccc2)ccc1[N+](=O)[O-]. The first-order chi connectivity index (χ1) is 8.59. The quantitative estimate of drug-likeness (QED) is 0.664. The van der Waals surface area contributed by atoms with Crippen LogP contribution in [0, 0.1) is 10.1 Å². The highest BCUT2D eigenvalue weighted by Gasteiger charge is 2.18. The van der Waals surface area contributed by atoms with Crippen molar-refractivity contribution >= 4 is 5.69 Å². The van der Waals surface area contributed by atoms with E-state index in [0.29, 0.717) is 5.56 Å². The van der Waals surface area contributed by atoms with Crippen molar-refractivity contribution in [3.05, 3.63) is 64.2 Å². The van der Waals surface area contributed by atoms with E-state index in [-0.39, 0.29) is 5.69 Å². The first kappa shape index (κ1) is 12.3. The Bertz CT molecular complexity index is 565. The summed E-state index contributed by atoms with van der Waals surface area (Å²) in [7, 11) is 0. The van der Waals surface area contributed by atoms with E-state index >= 15 is 0 Å². The zero-order chi connectivity index (χ0) is 13.1. The summed E-state index contributed by atoms with van der Waals surface area (Å²) in [5.74, 6) is 0. The van der Waals surface area contributed by atoms with E-state index < -0.39 is 11.0 Å². The van der Waals surface area contributed by atoms with Gasteiger partial charge in [0.1, 0.15) is 0 Å². The monoisotopic (exact) mass is 243 g/mol.